The van der Waals surface area contributed by atoms with E-state index in [2.05, 4.69) is 81.6 Å². The first-order valence-electron chi connectivity index (χ1n) is 10.7. The van der Waals surface area contributed by atoms with Gasteiger partial charge in [0.1, 0.15) is 12.4 Å². The van der Waals surface area contributed by atoms with Crippen LogP contribution in [0.4, 0.5) is 0 Å². The van der Waals surface area contributed by atoms with Crippen molar-refractivity contribution in [2.45, 2.75) is 13.1 Å². The molecule has 162 valence electrons. The zero-order valence-corrected chi connectivity index (χ0v) is 18.6. The fraction of sp³-hybridized carbons (Fsp3) is 0.458. The quantitative estimate of drug-likeness (QED) is 0.536. The molecule has 0 saturated carbocycles. The average Bonchev–Trinajstić information content (AvgIpc) is 2.76. The van der Waals surface area contributed by atoms with Crippen LogP contribution in [0.5, 0.6) is 5.75 Å². The molecule has 0 aliphatic carbocycles. The smallest absolute Gasteiger partial charge is 0.194 e. The number of hydrogen-bond donors (Lipinski definition) is 1. The fourth-order valence-electron chi connectivity index (χ4n) is 3.56. The summed E-state index contributed by atoms with van der Waals surface area (Å²) in [5.74, 6) is 1.88. The maximum Gasteiger partial charge on any atom is 0.194 e. The monoisotopic (exact) mass is 409 g/mol. The lowest BCUT2D eigenvalue weighted by molar-refractivity contribution is 0.172. The largest absolute Gasteiger partial charge is 0.492 e. The summed E-state index contributed by atoms with van der Waals surface area (Å²) in [5.41, 5.74) is 2.57. The molecule has 30 heavy (non-hydrogen) atoms. The molecule has 0 radical (unpaired) electrons. The Morgan fingerprint density at radius 2 is 1.73 bits per heavy atom. The summed E-state index contributed by atoms with van der Waals surface area (Å²) in [6.07, 6.45) is 0. The topological polar surface area (TPSA) is 43.3 Å². The number of benzene rings is 2. The first-order valence-corrected chi connectivity index (χ1v) is 10.7. The Balaban J connectivity index is 1.45. The first kappa shape index (κ1) is 22.1. The molecule has 1 saturated heterocycles. The minimum atomic E-state index is 0.693. The van der Waals surface area contributed by atoms with Crippen LogP contribution in [0.15, 0.2) is 59.6 Å². The minimum absolute atomic E-state index is 0.693. The predicted molar refractivity (Wildman–Crippen MR) is 124 cm³/mol. The second-order valence-electron chi connectivity index (χ2n) is 7.95. The summed E-state index contributed by atoms with van der Waals surface area (Å²) in [4.78, 5) is 11.5. The van der Waals surface area contributed by atoms with Gasteiger partial charge in [0.05, 0.1) is 0 Å². The number of aliphatic imine (C=N–C) groups is 1. The van der Waals surface area contributed by atoms with Crippen LogP contribution in [0.2, 0.25) is 0 Å². The van der Waals surface area contributed by atoms with Crippen LogP contribution < -0.4 is 10.1 Å². The van der Waals surface area contributed by atoms with Gasteiger partial charge in [-0.25, -0.2) is 0 Å². The van der Waals surface area contributed by atoms with E-state index in [0.717, 1.165) is 57.5 Å². The Morgan fingerprint density at radius 1 is 1.00 bits per heavy atom. The van der Waals surface area contributed by atoms with E-state index < -0.39 is 0 Å². The van der Waals surface area contributed by atoms with Crippen molar-refractivity contribution in [1.82, 2.24) is 20.0 Å². The van der Waals surface area contributed by atoms with Crippen molar-refractivity contribution in [1.29, 1.82) is 0 Å². The molecule has 6 nitrogen and oxygen atoms in total. The Hall–Kier alpha value is -2.57. The van der Waals surface area contributed by atoms with E-state index in [1.54, 1.807) is 0 Å². The first-order chi connectivity index (χ1) is 14.6. The van der Waals surface area contributed by atoms with Gasteiger partial charge in [-0.15, -0.1) is 0 Å². The molecule has 0 unspecified atom stereocenters. The number of nitrogens with one attached hydrogen (secondary N) is 1. The molecule has 2 aromatic carbocycles. The number of guanidine groups is 1. The zero-order chi connectivity index (χ0) is 21.2. The molecule has 1 fully saturated rings. The number of ether oxygens (including phenoxy) is 1. The van der Waals surface area contributed by atoms with E-state index in [9.17, 15) is 0 Å². The van der Waals surface area contributed by atoms with Crippen molar-refractivity contribution < 1.29 is 4.74 Å². The zero-order valence-electron chi connectivity index (χ0n) is 18.6. The van der Waals surface area contributed by atoms with Crippen LogP contribution in [0.25, 0.3) is 0 Å². The standard InChI is InChI=1S/C24H35N5O/c1-25-24(26-19-22-10-7-11-23(18-22)30-17-16-27(2)3)29-14-12-28(13-15-29)20-21-8-5-4-6-9-21/h4-11,18H,12-17,19-20H2,1-3H3,(H,25,26). The van der Waals surface area contributed by atoms with Crippen molar-refractivity contribution in [3.05, 3.63) is 65.7 Å². The molecule has 2 aromatic rings. The number of piperazine rings is 1. The van der Waals surface area contributed by atoms with Crippen molar-refractivity contribution in [2.75, 3.05) is 60.5 Å². The van der Waals surface area contributed by atoms with Crippen molar-refractivity contribution in [3.8, 4) is 5.75 Å². The van der Waals surface area contributed by atoms with E-state index >= 15 is 0 Å². The second-order valence-corrected chi connectivity index (χ2v) is 7.95. The van der Waals surface area contributed by atoms with Crippen LogP contribution in [0.1, 0.15) is 11.1 Å². The van der Waals surface area contributed by atoms with Gasteiger partial charge < -0.3 is 19.9 Å². The van der Waals surface area contributed by atoms with Gasteiger partial charge in [-0.2, -0.15) is 0 Å². The van der Waals surface area contributed by atoms with Crippen molar-refractivity contribution >= 4 is 5.96 Å². The number of likely N-dealkylation sites (N-methyl/N-ethyl adjacent to an activating group) is 1. The Bertz CT molecular complexity index is 785. The summed E-state index contributed by atoms with van der Waals surface area (Å²) in [7, 11) is 5.97. The van der Waals surface area contributed by atoms with Crippen molar-refractivity contribution in [3.63, 3.8) is 0 Å². The summed E-state index contributed by atoms with van der Waals surface area (Å²) >= 11 is 0. The van der Waals surface area contributed by atoms with Crippen LogP contribution in [-0.4, -0.2) is 81.1 Å². The molecule has 0 atom stereocenters. The fourth-order valence-corrected chi connectivity index (χ4v) is 3.56. The summed E-state index contributed by atoms with van der Waals surface area (Å²) in [6, 6.07) is 19.0. The highest BCUT2D eigenvalue weighted by Gasteiger charge is 2.19. The lowest BCUT2D eigenvalue weighted by Crippen LogP contribution is -2.52. The van der Waals surface area contributed by atoms with E-state index in [4.69, 9.17) is 4.74 Å². The van der Waals surface area contributed by atoms with E-state index in [1.165, 1.54) is 11.1 Å². The Morgan fingerprint density at radius 3 is 2.43 bits per heavy atom. The molecule has 1 heterocycles. The highest BCUT2D eigenvalue weighted by molar-refractivity contribution is 5.80. The molecule has 0 bridgehead atoms. The van der Waals surface area contributed by atoms with Crippen molar-refractivity contribution in [2.24, 2.45) is 4.99 Å². The second kappa shape index (κ2) is 11.6. The molecule has 3 rings (SSSR count). The van der Waals surface area contributed by atoms with Gasteiger partial charge in [-0.05, 0) is 37.4 Å². The molecular weight excluding hydrogens is 374 g/mol. The van der Waals surface area contributed by atoms with Gasteiger partial charge >= 0.3 is 0 Å². The van der Waals surface area contributed by atoms with Crippen LogP contribution >= 0.6 is 0 Å². The molecular formula is C24H35N5O. The van der Waals surface area contributed by atoms with Gasteiger partial charge in [0.2, 0.25) is 0 Å². The van der Waals surface area contributed by atoms with Gasteiger partial charge in [0.25, 0.3) is 0 Å². The van der Waals surface area contributed by atoms with Gasteiger partial charge in [0, 0.05) is 52.9 Å². The number of nitrogens with zero attached hydrogens (tertiary/aromatic N) is 4. The van der Waals surface area contributed by atoms with Gasteiger partial charge in [0.15, 0.2) is 5.96 Å². The third-order valence-electron chi connectivity index (χ3n) is 5.29. The third-order valence-corrected chi connectivity index (χ3v) is 5.29. The molecule has 1 aliphatic heterocycles. The van der Waals surface area contributed by atoms with Gasteiger partial charge in [-0.3, -0.25) is 9.89 Å². The lowest BCUT2D eigenvalue weighted by atomic mass is 10.2. The Labute approximate surface area is 181 Å². The van der Waals surface area contributed by atoms with E-state index in [0.29, 0.717) is 6.61 Å². The van der Waals surface area contributed by atoms with Gasteiger partial charge in [-0.1, -0.05) is 42.5 Å². The maximum absolute atomic E-state index is 5.85. The molecule has 6 heteroatoms. The number of hydrogen-bond acceptors (Lipinski definition) is 4. The molecule has 1 N–H and O–H groups in total. The minimum Gasteiger partial charge on any atom is -0.492 e. The number of rotatable bonds is 8. The van der Waals surface area contributed by atoms with Crippen LogP contribution in [0.3, 0.4) is 0 Å². The summed E-state index contributed by atoms with van der Waals surface area (Å²) in [5, 5.41) is 3.52. The molecule has 0 spiro atoms. The van der Waals surface area contributed by atoms with E-state index in [1.807, 2.05) is 19.2 Å². The normalized spacial score (nSPS) is 15.5. The summed E-state index contributed by atoms with van der Waals surface area (Å²) < 4.78 is 5.85. The van der Waals surface area contributed by atoms with Crippen LogP contribution in [0, 0.1) is 0 Å². The predicted octanol–water partition coefficient (Wildman–Crippen LogP) is 2.52. The highest BCUT2D eigenvalue weighted by atomic mass is 16.5. The molecule has 0 aromatic heterocycles. The third kappa shape index (κ3) is 7.04. The molecule has 1 aliphatic rings. The molecule has 0 amide bonds. The Kier molecular flexibility index (Phi) is 8.53. The summed E-state index contributed by atoms with van der Waals surface area (Å²) in [6.45, 7) is 7.42. The lowest BCUT2D eigenvalue weighted by Gasteiger charge is -2.36. The average molecular weight is 410 g/mol. The SMILES string of the molecule is CN=C(NCc1cccc(OCCN(C)C)c1)N1CCN(Cc2ccccc2)CC1. The van der Waals surface area contributed by atoms with Crippen LogP contribution in [-0.2, 0) is 13.1 Å². The van der Waals surface area contributed by atoms with E-state index in [-0.39, 0.29) is 0 Å². The highest BCUT2D eigenvalue weighted by Crippen LogP contribution is 2.14. The maximum atomic E-state index is 5.85.